The summed E-state index contributed by atoms with van der Waals surface area (Å²) in [4.78, 5) is 20.0. The van der Waals surface area contributed by atoms with Crippen LogP contribution in [0.25, 0.3) is 6.08 Å². The minimum atomic E-state index is -0.536. The van der Waals surface area contributed by atoms with E-state index in [1.165, 1.54) is 19.1 Å². The first-order chi connectivity index (χ1) is 7.41. The SMILES string of the molecule is CC(=Cc1ccc(C)c([N+](=O)[O-])c1)[N+](=O)[O-]. The molecule has 0 atom stereocenters. The zero-order valence-electron chi connectivity index (χ0n) is 8.84. The topological polar surface area (TPSA) is 86.3 Å². The van der Waals surface area contributed by atoms with E-state index in [4.69, 9.17) is 0 Å². The average molecular weight is 222 g/mol. The fourth-order valence-electron chi connectivity index (χ4n) is 1.21. The van der Waals surface area contributed by atoms with E-state index < -0.39 is 9.85 Å². The molecule has 1 aromatic rings. The Morgan fingerprint density at radius 1 is 1.31 bits per heavy atom. The summed E-state index contributed by atoms with van der Waals surface area (Å²) in [6.45, 7) is 2.96. The molecule has 0 aliphatic heterocycles. The number of hydrogen-bond acceptors (Lipinski definition) is 4. The molecule has 0 spiro atoms. The summed E-state index contributed by atoms with van der Waals surface area (Å²) in [7, 11) is 0. The number of aryl methyl sites for hydroxylation is 1. The van der Waals surface area contributed by atoms with E-state index in [-0.39, 0.29) is 11.4 Å². The molecule has 0 bridgehead atoms. The first-order valence-electron chi connectivity index (χ1n) is 4.49. The highest BCUT2D eigenvalue weighted by atomic mass is 16.6. The molecule has 84 valence electrons. The Morgan fingerprint density at radius 3 is 2.44 bits per heavy atom. The van der Waals surface area contributed by atoms with Gasteiger partial charge in [0.1, 0.15) is 0 Å². The van der Waals surface area contributed by atoms with Crippen molar-refractivity contribution in [3.8, 4) is 0 Å². The van der Waals surface area contributed by atoms with Crippen LogP contribution in [0.3, 0.4) is 0 Å². The molecule has 16 heavy (non-hydrogen) atoms. The van der Waals surface area contributed by atoms with E-state index in [1.807, 2.05) is 0 Å². The van der Waals surface area contributed by atoms with Crippen LogP contribution < -0.4 is 0 Å². The monoisotopic (exact) mass is 222 g/mol. The number of benzene rings is 1. The number of allylic oxidation sites excluding steroid dienone is 1. The van der Waals surface area contributed by atoms with Gasteiger partial charge in [0.05, 0.1) is 9.85 Å². The largest absolute Gasteiger partial charge is 0.272 e. The Balaban J connectivity index is 3.18. The van der Waals surface area contributed by atoms with Crippen LogP contribution in [-0.2, 0) is 0 Å². The number of hydrogen-bond donors (Lipinski definition) is 0. The summed E-state index contributed by atoms with van der Waals surface area (Å²) in [5.41, 5.74) is 0.885. The normalized spacial score (nSPS) is 11.2. The molecule has 1 rings (SSSR count). The molecule has 0 amide bonds. The lowest BCUT2D eigenvalue weighted by Crippen LogP contribution is -1.95. The van der Waals surface area contributed by atoms with Gasteiger partial charge in [0.15, 0.2) is 0 Å². The molecule has 0 saturated heterocycles. The molecule has 6 nitrogen and oxygen atoms in total. The molecule has 1 aromatic carbocycles. The van der Waals surface area contributed by atoms with E-state index in [2.05, 4.69) is 0 Å². The van der Waals surface area contributed by atoms with Crippen LogP contribution in [0.2, 0.25) is 0 Å². The zero-order valence-corrected chi connectivity index (χ0v) is 8.84. The molecule has 6 heteroatoms. The predicted octanol–water partition coefficient (Wildman–Crippen LogP) is 2.54. The molecule has 0 aromatic heterocycles. The molecule has 0 radical (unpaired) electrons. The second kappa shape index (κ2) is 4.52. The summed E-state index contributed by atoms with van der Waals surface area (Å²) in [5, 5.41) is 21.0. The molecule has 0 aliphatic carbocycles. The highest BCUT2D eigenvalue weighted by molar-refractivity contribution is 5.56. The highest BCUT2D eigenvalue weighted by Gasteiger charge is 2.11. The van der Waals surface area contributed by atoms with Gasteiger partial charge in [0.2, 0.25) is 5.70 Å². The molecule has 0 aliphatic rings. The van der Waals surface area contributed by atoms with Crippen molar-refractivity contribution in [1.29, 1.82) is 0 Å². The Bertz CT molecular complexity index is 480. The van der Waals surface area contributed by atoms with Crippen molar-refractivity contribution in [3.63, 3.8) is 0 Å². The summed E-state index contributed by atoms with van der Waals surface area (Å²) >= 11 is 0. The molecular formula is C10H10N2O4. The number of rotatable bonds is 3. The summed E-state index contributed by atoms with van der Waals surface area (Å²) in [6.07, 6.45) is 1.30. The van der Waals surface area contributed by atoms with Crippen molar-refractivity contribution in [2.24, 2.45) is 0 Å². The van der Waals surface area contributed by atoms with Crippen molar-refractivity contribution in [3.05, 3.63) is 55.3 Å². The van der Waals surface area contributed by atoms with E-state index >= 15 is 0 Å². The van der Waals surface area contributed by atoms with Gasteiger partial charge >= 0.3 is 0 Å². The van der Waals surface area contributed by atoms with Crippen LogP contribution in [0.1, 0.15) is 18.1 Å². The Labute approximate surface area is 91.5 Å². The lowest BCUT2D eigenvalue weighted by molar-refractivity contribution is -0.422. The van der Waals surface area contributed by atoms with Crippen molar-refractivity contribution in [2.75, 3.05) is 0 Å². The smallest absolute Gasteiger partial charge is 0.259 e. The predicted molar refractivity (Wildman–Crippen MR) is 58.5 cm³/mol. The van der Waals surface area contributed by atoms with E-state index in [9.17, 15) is 20.2 Å². The van der Waals surface area contributed by atoms with Crippen molar-refractivity contribution < 1.29 is 9.85 Å². The van der Waals surface area contributed by atoms with Gasteiger partial charge in [-0.15, -0.1) is 0 Å². The summed E-state index contributed by atoms with van der Waals surface area (Å²) in [6, 6.07) is 4.49. The number of nitro benzene ring substituents is 1. The van der Waals surface area contributed by atoms with Gasteiger partial charge in [-0.2, -0.15) is 0 Å². The van der Waals surface area contributed by atoms with Gasteiger partial charge in [0.25, 0.3) is 5.69 Å². The van der Waals surface area contributed by atoms with Crippen LogP contribution >= 0.6 is 0 Å². The van der Waals surface area contributed by atoms with Gasteiger partial charge in [-0.1, -0.05) is 12.1 Å². The molecule has 0 fully saturated rings. The minimum absolute atomic E-state index is 0.0371. The first-order valence-corrected chi connectivity index (χ1v) is 4.49. The third kappa shape index (κ3) is 2.63. The van der Waals surface area contributed by atoms with Crippen LogP contribution in [0, 0.1) is 27.2 Å². The molecular weight excluding hydrogens is 212 g/mol. The van der Waals surface area contributed by atoms with Crippen LogP contribution in [0.5, 0.6) is 0 Å². The lowest BCUT2D eigenvalue weighted by atomic mass is 10.1. The maximum absolute atomic E-state index is 10.6. The molecule has 0 heterocycles. The fourth-order valence-corrected chi connectivity index (χ4v) is 1.21. The highest BCUT2D eigenvalue weighted by Crippen LogP contribution is 2.20. The van der Waals surface area contributed by atoms with Crippen molar-refractivity contribution in [1.82, 2.24) is 0 Å². The third-order valence-corrected chi connectivity index (χ3v) is 2.09. The Hall–Kier alpha value is -2.24. The van der Waals surface area contributed by atoms with Crippen LogP contribution in [0.15, 0.2) is 23.9 Å². The molecule has 0 N–H and O–H groups in total. The van der Waals surface area contributed by atoms with Gasteiger partial charge in [-0.05, 0) is 12.5 Å². The quantitative estimate of drug-likeness (QED) is 0.580. The second-order valence-corrected chi connectivity index (χ2v) is 3.35. The summed E-state index contributed by atoms with van der Waals surface area (Å²) < 4.78 is 0. The molecule has 0 saturated carbocycles. The average Bonchev–Trinajstić information content (AvgIpc) is 2.20. The standard InChI is InChI=1S/C10H10N2O4/c1-7-3-4-9(5-8(2)11(13)14)6-10(7)12(15)16/h3-6H,1-2H3. The maximum Gasteiger partial charge on any atom is 0.272 e. The fraction of sp³-hybridized carbons (Fsp3) is 0.200. The molecule has 0 unspecified atom stereocenters. The zero-order chi connectivity index (χ0) is 12.3. The summed E-state index contributed by atoms with van der Waals surface area (Å²) in [5.74, 6) is 0. The van der Waals surface area contributed by atoms with Gasteiger partial charge in [-0.25, -0.2) is 0 Å². The van der Waals surface area contributed by atoms with Gasteiger partial charge in [0, 0.05) is 24.6 Å². The van der Waals surface area contributed by atoms with Crippen LogP contribution in [0.4, 0.5) is 5.69 Å². The van der Waals surface area contributed by atoms with Crippen LogP contribution in [-0.4, -0.2) is 9.85 Å². The van der Waals surface area contributed by atoms with E-state index in [0.29, 0.717) is 11.1 Å². The number of nitrogens with zero attached hydrogens (tertiary/aromatic N) is 2. The minimum Gasteiger partial charge on any atom is -0.259 e. The third-order valence-electron chi connectivity index (χ3n) is 2.09. The second-order valence-electron chi connectivity index (χ2n) is 3.35. The maximum atomic E-state index is 10.6. The van der Waals surface area contributed by atoms with Crippen molar-refractivity contribution >= 4 is 11.8 Å². The first kappa shape index (κ1) is 11.8. The van der Waals surface area contributed by atoms with E-state index in [0.717, 1.165) is 0 Å². The van der Waals surface area contributed by atoms with E-state index in [1.54, 1.807) is 19.1 Å². The van der Waals surface area contributed by atoms with Gasteiger partial charge < -0.3 is 0 Å². The Kier molecular flexibility index (Phi) is 3.34. The van der Waals surface area contributed by atoms with Crippen molar-refractivity contribution in [2.45, 2.75) is 13.8 Å². The van der Waals surface area contributed by atoms with Gasteiger partial charge in [-0.3, -0.25) is 20.2 Å². The lowest BCUT2D eigenvalue weighted by Gasteiger charge is -1.98. The number of nitro groups is 2. The Morgan fingerprint density at radius 2 is 1.94 bits per heavy atom.